The van der Waals surface area contributed by atoms with Crippen molar-refractivity contribution in [2.24, 2.45) is 0 Å². The average Bonchev–Trinajstić information content (AvgIpc) is 2.57. The van der Waals surface area contributed by atoms with Crippen LogP contribution in [-0.4, -0.2) is 30.3 Å². The van der Waals surface area contributed by atoms with E-state index >= 15 is 0 Å². The fourth-order valence-electron chi connectivity index (χ4n) is 2.28. The Balaban J connectivity index is 2.02. The zero-order valence-electron chi connectivity index (χ0n) is 13.5. The minimum absolute atomic E-state index is 0.0584. The van der Waals surface area contributed by atoms with Gasteiger partial charge in [-0.2, -0.15) is 0 Å². The zero-order chi connectivity index (χ0) is 17.7. The molecule has 0 aromatic heterocycles. The maximum absolute atomic E-state index is 12.4. The number of rotatable bonds is 5. The van der Waals surface area contributed by atoms with Crippen LogP contribution in [0, 0.1) is 0 Å². The van der Waals surface area contributed by atoms with Crippen LogP contribution in [0.25, 0.3) is 0 Å². The first-order chi connectivity index (χ1) is 11.4. The number of hydrogen-bond donors (Lipinski definition) is 1. The molecule has 0 saturated carbocycles. The average molecular weight is 365 g/mol. The molecular formula is C18H18Cl2N2O2. The first-order valence-electron chi connectivity index (χ1n) is 7.50. The molecule has 0 saturated heterocycles. The van der Waals surface area contributed by atoms with Crippen molar-refractivity contribution < 1.29 is 9.59 Å². The Morgan fingerprint density at radius 3 is 2.46 bits per heavy atom. The van der Waals surface area contributed by atoms with Crippen molar-refractivity contribution in [1.29, 1.82) is 0 Å². The second-order valence-corrected chi connectivity index (χ2v) is 6.16. The summed E-state index contributed by atoms with van der Waals surface area (Å²) < 4.78 is 0. The van der Waals surface area contributed by atoms with Crippen molar-refractivity contribution >= 4 is 40.7 Å². The molecule has 126 valence electrons. The Kier molecular flexibility index (Phi) is 6.23. The molecule has 0 fully saturated rings. The van der Waals surface area contributed by atoms with E-state index in [1.165, 1.54) is 11.0 Å². The third-order valence-electron chi connectivity index (χ3n) is 3.57. The monoisotopic (exact) mass is 364 g/mol. The van der Waals surface area contributed by atoms with Crippen LogP contribution in [-0.2, 0) is 11.2 Å². The van der Waals surface area contributed by atoms with Crippen LogP contribution in [0.2, 0.25) is 10.0 Å². The molecule has 2 rings (SSSR count). The van der Waals surface area contributed by atoms with Gasteiger partial charge in [-0.15, -0.1) is 0 Å². The number of para-hydroxylation sites is 1. The van der Waals surface area contributed by atoms with Gasteiger partial charge in [0.25, 0.3) is 5.91 Å². The Labute approximate surface area is 151 Å². The van der Waals surface area contributed by atoms with Crippen LogP contribution in [0.5, 0.6) is 0 Å². The van der Waals surface area contributed by atoms with E-state index < -0.39 is 0 Å². The lowest BCUT2D eigenvalue weighted by Crippen LogP contribution is -2.35. The van der Waals surface area contributed by atoms with Gasteiger partial charge in [0.05, 0.1) is 16.6 Å². The van der Waals surface area contributed by atoms with Gasteiger partial charge in [-0.3, -0.25) is 9.59 Å². The SMILES string of the molecule is CCc1ccccc1NC(=O)CN(C)C(=O)c1ccc(Cl)c(Cl)c1. The number of hydrogen-bond acceptors (Lipinski definition) is 2. The third kappa shape index (κ3) is 4.49. The van der Waals surface area contributed by atoms with Crippen LogP contribution in [0.1, 0.15) is 22.8 Å². The third-order valence-corrected chi connectivity index (χ3v) is 4.31. The van der Waals surface area contributed by atoms with Crippen molar-refractivity contribution in [3.63, 3.8) is 0 Å². The smallest absolute Gasteiger partial charge is 0.254 e. The highest BCUT2D eigenvalue weighted by atomic mass is 35.5. The summed E-state index contributed by atoms with van der Waals surface area (Å²) in [6.45, 7) is 1.96. The molecule has 6 heteroatoms. The van der Waals surface area contributed by atoms with Gasteiger partial charge in [-0.05, 0) is 36.2 Å². The molecule has 2 aromatic rings. The van der Waals surface area contributed by atoms with E-state index in [-0.39, 0.29) is 18.4 Å². The van der Waals surface area contributed by atoms with E-state index in [1.54, 1.807) is 19.2 Å². The van der Waals surface area contributed by atoms with E-state index in [0.29, 0.717) is 15.6 Å². The molecule has 2 amide bonds. The second-order valence-electron chi connectivity index (χ2n) is 5.35. The first kappa shape index (κ1) is 18.3. The van der Waals surface area contributed by atoms with E-state index in [9.17, 15) is 9.59 Å². The predicted molar refractivity (Wildman–Crippen MR) is 97.9 cm³/mol. The number of carbonyl (C=O) groups excluding carboxylic acids is 2. The van der Waals surface area contributed by atoms with Crippen molar-refractivity contribution in [3.8, 4) is 0 Å². The van der Waals surface area contributed by atoms with E-state index in [0.717, 1.165) is 17.7 Å². The fraction of sp³-hybridized carbons (Fsp3) is 0.222. The summed E-state index contributed by atoms with van der Waals surface area (Å²) in [5.74, 6) is -0.556. The van der Waals surface area contributed by atoms with E-state index in [2.05, 4.69) is 5.32 Å². The number of amides is 2. The van der Waals surface area contributed by atoms with Crippen LogP contribution < -0.4 is 5.32 Å². The molecular weight excluding hydrogens is 347 g/mol. The van der Waals surface area contributed by atoms with Gasteiger partial charge in [0.2, 0.25) is 5.91 Å². The van der Waals surface area contributed by atoms with Crippen LogP contribution in [0.3, 0.4) is 0 Å². The van der Waals surface area contributed by atoms with Crippen molar-refractivity contribution in [1.82, 2.24) is 4.90 Å². The molecule has 1 N–H and O–H groups in total. The summed E-state index contributed by atoms with van der Waals surface area (Å²) >= 11 is 11.8. The normalized spacial score (nSPS) is 10.3. The van der Waals surface area contributed by atoms with Gasteiger partial charge in [0, 0.05) is 18.3 Å². The van der Waals surface area contributed by atoms with Gasteiger partial charge < -0.3 is 10.2 Å². The molecule has 0 aliphatic carbocycles. The lowest BCUT2D eigenvalue weighted by atomic mass is 10.1. The lowest BCUT2D eigenvalue weighted by Gasteiger charge is -2.18. The Morgan fingerprint density at radius 2 is 1.79 bits per heavy atom. The highest BCUT2D eigenvalue weighted by Gasteiger charge is 2.16. The number of anilines is 1. The molecule has 0 atom stereocenters. The number of aryl methyl sites for hydroxylation is 1. The summed E-state index contributed by atoms with van der Waals surface area (Å²) in [4.78, 5) is 25.9. The molecule has 0 bridgehead atoms. The van der Waals surface area contributed by atoms with Crippen molar-refractivity contribution in [2.45, 2.75) is 13.3 Å². The molecule has 4 nitrogen and oxygen atoms in total. The summed E-state index contributed by atoms with van der Waals surface area (Å²) in [6, 6.07) is 12.2. The Morgan fingerprint density at radius 1 is 1.08 bits per heavy atom. The maximum atomic E-state index is 12.4. The van der Waals surface area contributed by atoms with Crippen LogP contribution in [0.15, 0.2) is 42.5 Å². The fourth-order valence-corrected chi connectivity index (χ4v) is 2.58. The van der Waals surface area contributed by atoms with Gasteiger partial charge in [-0.1, -0.05) is 48.3 Å². The van der Waals surface area contributed by atoms with Crippen LogP contribution >= 0.6 is 23.2 Å². The number of halogens is 2. The predicted octanol–water partition coefficient (Wildman–Crippen LogP) is 4.27. The second kappa shape index (κ2) is 8.18. The van der Waals surface area contributed by atoms with Gasteiger partial charge in [0.1, 0.15) is 0 Å². The highest BCUT2D eigenvalue weighted by molar-refractivity contribution is 6.42. The summed E-state index contributed by atoms with van der Waals surface area (Å²) in [5, 5.41) is 3.52. The number of likely N-dealkylation sites (N-methyl/N-ethyl adjacent to an activating group) is 1. The van der Waals surface area contributed by atoms with Gasteiger partial charge in [0.15, 0.2) is 0 Å². The summed E-state index contributed by atoms with van der Waals surface area (Å²) in [6.07, 6.45) is 0.814. The first-order valence-corrected chi connectivity index (χ1v) is 8.26. The standard InChI is InChI=1S/C18H18Cl2N2O2/c1-3-12-6-4-5-7-16(12)21-17(23)11-22(2)18(24)13-8-9-14(19)15(20)10-13/h4-10H,3,11H2,1-2H3,(H,21,23). The Bertz CT molecular complexity index is 762. The molecule has 0 radical (unpaired) electrons. The van der Waals surface area contributed by atoms with E-state index in [1.807, 2.05) is 31.2 Å². The number of nitrogens with zero attached hydrogens (tertiary/aromatic N) is 1. The lowest BCUT2D eigenvalue weighted by molar-refractivity contribution is -0.116. The molecule has 0 aliphatic rings. The van der Waals surface area contributed by atoms with Crippen molar-refractivity contribution in [2.75, 3.05) is 18.9 Å². The topological polar surface area (TPSA) is 49.4 Å². The summed E-state index contributed by atoms with van der Waals surface area (Å²) in [7, 11) is 1.57. The number of benzene rings is 2. The highest BCUT2D eigenvalue weighted by Crippen LogP contribution is 2.23. The van der Waals surface area contributed by atoms with Crippen LogP contribution in [0.4, 0.5) is 5.69 Å². The minimum atomic E-state index is -0.299. The molecule has 0 heterocycles. The van der Waals surface area contributed by atoms with Gasteiger partial charge >= 0.3 is 0 Å². The molecule has 24 heavy (non-hydrogen) atoms. The largest absolute Gasteiger partial charge is 0.332 e. The number of carbonyl (C=O) groups is 2. The molecule has 0 spiro atoms. The van der Waals surface area contributed by atoms with E-state index in [4.69, 9.17) is 23.2 Å². The molecule has 0 aliphatic heterocycles. The van der Waals surface area contributed by atoms with Gasteiger partial charge in [-0.25, -0.2) is 0 Å². The zero-order valence-corrected chi connectivity index (χ0v) is 15.0. The molecule has 2 aromatic carbocycles. The van der Waals surface area contributed by atoms with Crippen molar-refractivity contribution in [3.05, 3.63) is 63.6 Å². The quantitative estimate of drug-likeness (QED) is 0.861. The maximum Gasteiger partial charge on any atom is 0.254 e. The summed E-state index contributed by atoms with van der Waals surface area (Å²) in [5.41, 5.74) is 2.19. The number of nitrogens with one attached hydrogen (secondary N) is 1. The molecule has 0 unspecified atom stereocenters. The minimum Gasteiger partial charge on any atom is -0.332 e. The Hall–Kier alpha value is -2.04.